The van der Waals surface area contributed by atoms with E-state index in [9.17, 15) is 0 Å². The topological polar surface area (TPSA) is 13.1 Å². The Morgan fingerprint density at radius 1 is 1.29 bits per heavy atom. The van der Waals surface area contributed by atoms with Crippen LogP contribution in [0.3, 0.4) is 0 Å². The highest BCUT2D eigenvalue weighted by atomic mass is 16.3. The first-order valence-electron chi connectivity index (χ1n) is 5.36. The first-order valence-corrected chi connectivity index (χ1v) is 5.36. The van der Waals surface area contributed by atoms with Crippen molar-refractivity contribution < 1.29 is 4.42 Å². The molecule has 0 spiro atoms. The zero-order chi connectivity index (χ0) is 9.54. The predicted molar refractivity (Wildman–Crippen MR) is 58.2 cm³/mol. The van der Waals surface area contributed by atoms with Crippen LogP contribution in [0.15, 0.2) is 10.5 Å². The molecule has 2 aliphatic rings. The van der Waals surface area contributed by atoms with Crippen molar-refractivity contribution in [1.82, 2.24) is 0 Å². The first kappa shape index (κ1) is 8.10. The Bertz CT molecular complexity index is 502. The molecule has 0 radical (unpaired) electrons. The lowest BCUT2D eigenvalue weighted by atomic mass is 9.91. The van der Waals surface area contributed by atoms with Crippen LogP contribution in [0.2, 0.25) is 0 Å². The summed E-state index contributed by atoms with van der Waals surface area (Å²) in [5.41, 5.74) is 2.53. The quantitative estimate of drug-likeness (QED) is 0.605. The number of rotatable bonds is 0. The maximum atomic E-state index is 5.83. The molecule has 1 atom stereocenters. The fourth-order valence-corrected chi connectivity index (χ4v) is 2.43. The van der Waals surface area contributed by atoms with Crippen LogP contribution in [0.5, 0.6) is 0 Å². The van der Waals surface area contributed by atoms with E-state index in [4.69, 9.17) is 4.42 Å². The standard InChI is InChI=1S/C13H14O/c1-9-5-4-8-12-13(9)10-6-2-3-7-11(10)14-12/h4,6-9H,2-3,5H2,1H3/t9-/m0/s1. The molecule has 0 aliphatic heterocycles. The van der Waals surface area contributed by atoms with Crippen LogP contribution in [0.4, 0.5) is 0 Å². The summed E-state index contributed by atoms with van der Waals surface area (Å²) in [4.78, 5) is 0. The SMILES string of the molecule is C[C@H]1CC=Cc2oc3c(c21)=CCCC=3. The van der Waals surface area contributed by atoms with Gasteiger partial charge >= 0.3 is 0 Å². The van der Waals surface area contributed by atoms with Crippen molar-refractivity contribution in [3.8, 4) is 0 Å². The molecule has 0 unspecified atom stereocenters. The van der Waals surface area contributed by atoms with Crippen LogP contribution in [0, 0.1) is 0 Å². The molecule has 0 N–H and O–H groups in total. The average molecular weight is 186 g/mol. The normalized spacial score (nSPS) is 23.4. The van der Waals surface area contributed by atoms with E-state index < -0.39 is 0 Å². The smallest absolute Gasteiger partial charge is 0.131 e. The highest BCUT2D eigenvalue weighted by Crippen LogP contribution is 2.26. The minimum atomic E-state index is 0.616. The molecule has 1 aromatic heterocycles. The van der Waals surface area contributed by atoms with Crippen LogP contribution < -0.4 is 10.6 Å². The van der Waals surface area contributed by atoms with Gasteiger partial charge in [-0.05, 0) is 37.3 Å². The summed E-state index contributed by atoms with van der Waals surface area (Å²) in [6.45, 7) is 2.28. The van der Waals surface area contributed by atoms with Gasteiger partial charge in [-0.1, -0.05) is 19.1 Å². The minimum Gasteiger partial charge on any atom is -0.457 e. The van der Waals surface area contributed by atoms with Crippen molar-refractivity contribution in [2.45, 2.75) is 32.1 Å². The van der Waals surface area contributed by atoms with Crippen LogP contribution in [0.1, 0.15) is 43.4 Å². The van der Waals surface area contributed by atoms with E-state index in [-0.39, 0.29) is 0 Å². The zero-order valence-electron chi connectivity index (χ0n) is 8.42. The summed E-state index contributed by atoms with van der Waals surface area (Å²) in [7, 11) is 0. The van der Waals surface area contributed by atoms with E-state index in [1.807, 2.05) is 0 Å². The van der Waals surface area contributed by atoms with Crippen molar-refractivity contribution in [2.75, 3.05) is 0 Å². The number of allylic oxidation sites excluding steroid dienone is 1. The molecule has 0 amide bonds. The fraction of sp³-hybridized carbons (Fsp3) is 0.385. The van der Waals surface area contributed by atoms with E-state index in [2.05, 4.69) is 31.2 Å². The van der Waals surface area contributed by atoms with Gasteiger partial charge in [0.2, 0.25) is 0 Å². The van der Waals surface area contributed by atoms with Gasteiger partial charge in [-0.2, -0.15) is 0 Å². The fourth-order valence-electron chi connectivity index (χ4n) is 2.43. The number of fused-ring (bicyclic) bond motifs is 3. The van der Waals surface area contributed by atoms with Gasteiger partial charge in [0, 0.05) is 10.8 Å². The largest absolute Gasteiger partial charge is 0.457 e. The third-order valence-electron chi connectivity index (χ3n) is 3.14. The van der Waals surface area contributed by atoms with Gasteiger partial charge in [-0.25, -0.2) is 0 Å². The van der Waals surface area contributed by atoms with E-state index in [0.717, 1.165) is 30.4 Å². The van der Waals surface area contributed by atoms with E-state index in [0.29, 0.717) is 5.92 Å². The number of hydrogen-bond donors (Lipinski definition) is 0. The minimum absolute atomic E-state index is 0.616. The Balaban J connectivity index is 2.39. The second kappa shape index (κ2) is 2.88. The van der Waals surface area contributed by atoms with E-state index in [1.165, 1.54) is 10.8 Å². The number of furan rings is 1. The van der Waals surface area contributed by atoms with Gasteiger partial charge in [0.05, 0.1) is 0 Å². The summed E-state index contributed by atoms with van der Waals surface area (Å²) in [5.74, 6) is 1.70. The Hall–Kier alpha value is -1.24. The highest BCUT2D eigenvalue weighted by Gasteiger charge is 2.18. The second-order valence-corrected chi connectivity index (χ2v) is 4.18. The zero-order valence-corrected chi connectivity index (χ0v) is 8.42. The summed E-state index contributed by atoms with van der Waals surface area (Å²) in [6, 6.07) is 0. The highest BCUT2D eigenvalue weighted by molar-refractivity contribution is 5.55. The molecule has 1 nitrogen and oxygen atoms in total. The van der Waals surface area contributed by atoms with Gasteiger partial charge < -0.3 is 4.42 Å². The predicted octanol–water partition coefficient (Wildman–Crippen LogP) is 2.15. The van der Waals surface area contributed by atoms with E-state index in [1.54, 1.807) is 0 Å². The monoisotopic (exact) mass is 186 g/mol. The summed E-state index contributed by atoms with van der Waals surface area (Å²) >= 11 is 0. The van der Waals surface area contributed by atoms with Crippen molar-refractivity contribution in [1.29, 1.82) is 0 Å². The summed E-state index contributed by atoms with van der Waals surface area (Å²) in [5, 5.41) is 1.36. The molecule has 2 aliphatic carbocycles. The maximum absolute atomic E-state index is 5.83. The molecule has 1 heteroatoms. The molecule has 0 aromatic carbocycles. The van der Waals surface area contributed by atoms with Gasteiger partial charge in [-0.3, -0.25) is 0 Å². The molecule has 1 heterocycles. The lowest BCUT2D eigenvalue weighted by Crippen LogP contribution is -2.26. The van der Waals surface area contributed by atoms with Crippen molar-refractivity contribution in [2.24, 2.45) is 0 Å². The second-order valence-electron chi connectivity index (χ2n) is 4.18. The molecule has 0 fully saturated rings. The summed E-state index contributed by atoms with van der Waals surface area (Å²) in [6.07, 6.45) is 12.3. The molecule has 3 rings (SSSR count). The third kappa shape index (κ3) is 1.02. The maximum Gasteiger partial charge on any atom is 0.131 e. The van der Waals surface area contributed by atoms with Crippen LogP contribution in [0.25, 0.3) is 18.2 Å². The van der Waals surface area contributed by atoms with Crippen LogP contribution in [-0.2, 0) is 0 Å². The van der Waals surface area contributed by atoms with Crippen LogP contribution in [-0.4, -0.2) is 0 Å². The lowest BCUT2D eigenvalue weighted by molar-refractivity contribution is 0.512. The van der Waals surface area contributed by atoms with Gasteiger partial charge in [0.25, 0.3) is 0 Å². The molecule has 0 saturated heterocycles. The molecular weight excluding hydrogens is 172 g/mol. The van der Waals surface area contributed by atoms with Crippen molar-refractivity contribution in [3.05, 3.63) is 28.0 Å². The average Bonchev–Trinajstić information content (AvgIpc) is 2.57. The van der Waals surface area contributed by atoms with E-state index >= 15 is 0 Å². The first-order chi connectivity index (χ1) is 6.86. The number of hydrogen-bond acceptors (Lipinski definition) is 1. The molecule has 14 heavy (non-hydrogen) atoms. The summed E-state index contributed by atoms with van der Waals surface area (Å²) < 4.78 is 5.83. The molecule has 0 saturated carbocycles. The Labute approximate surface area is 83.4 Å². The van der Waals surface area contributed by atoms with Crippen molar-refractivity contribution in [3.63, 3.8) is 0 Å². The van der Waals surface area contributed by atoms with Gasteiger partial charge in [-0.15, -0.1) is 0 Å². The Kier molecular flexibility index (Phi) is 1.66. The van der Waals surface area contributed by atoms with Gasteiger partial charge in [0.1, 0.15) is 11.2 Å². The Morgan fingerprint density at radius 2 is 2.14 bits per heavy atom. The van der Waals surface area contributed by atoms with Crippen LogP contribution >= 0.6 is 0 Å². The molecule has 72 valence electrons. The Morgan fingerprint density at radius 3 is 3.07 bits per heavy atom. The van der Waals surface area contributed by atoms with Gasteiger partial charge in [0.15, 0.2) is 0 Å². The lowest BCUT2D eigenvalue weighted by Gasteiger charge is -2.12. The molecule has 1 aromatic rings. The molecule has 0 bridgehead atoms. The van der Waals surface area contributed by atoms with Crippen molar-refractivity contribution >= 4 is 18.2 Å². The molecular formula is C13H14O. The third-order valence-corrected chi connectivity index (χ3v) is 3.14.